The van der Waals surface area contributed by atoms with Crippen LogP contribution in [0.2, 0.25) is 0 Å². The molecule has 0 saturated heterocycles. The zero-order chi connectivity index (χ0) is 6.69. The van der Waals surface area contributed by atoms with E-state index in [0.717, 1.165) is 0 Å². The predicted octanol–water partition coefficient (Wildman–Crippen LogP) is 2.34. The quantitative estimate of drug-likeness (QED) is 0.710. The Bertz CT molecular complexity index is 175. The maximum Gasteiger partial charge on any atom is 0.0360 e. The molecule has 11 heavy (non-hydrogen) atoms. The van der Waals surface area contributed by atoms with Crippen molar-refractivity contribution in [1.82, 2.24) is 6.15 Å². The predicted molar refractivity (Wildman–Crippen MR) is 53.0 cm³/mol. The Morgan fingerprint density at radius 3 is 1.73 bits per heavy atom. The Morgan fingerprint density at radius 1 is 1.00 bits per heavy atom. The normalized spacial score (nSPS) is 7.45. The minimum absolute atomic E-state index is 0. The molecule has 1 aromatic rings. The van der Waals surface area contributed by atoms with Gasteiger partial charge in [-0.3, -0.25) is 0 Å². The molecule has 0 spiro atoms. The summed E-state index contributed by atoms with van der Waals surface area (Å²) < 4.78 is 0. The van der Waals surface area contributed by atoms with E-state index in [2.05, 4.69) is 17.0 Å². The second-order valence-corrected chi connectivity index (χ2v) is 2.23. The van der Waals surface area contributed by atoms with Crippen LogP contribution in [0.15, 0.2) is 30.3 Å². The summed E-state index contributed by atoms with van der Waals surface area (Å²) in [5.41, 5.74) is 1.25. The Labute approximate surface area is 74.2 Å². The van der Waals surface area contributed by atoms with Gasteiger partial charge in [0.1, 0.15) is 0 Å². The van der Waals surface area contributed by atoms with Gasteiger partial charge in [0, 0.05) is 19.8 Å². The van der Waals surface area contributed by atoms with Crippen LogP contribution in [0.5, 0.6) is 0 Å². The van der Waals surface area contributed by atoms with Crippen LogP contribution in [-0.2, 0) is 0 Å². The van der Waals surface area contributed by atoms with Gasteiger partial charge in [0.05, 0.1) is 0 Å². The van der Waals surface area contributed by atoms with Gasteiger partial charge >= 0.3 is 0 Å². The van der Waals surface area contributed by atoms with Gasteiger partial charge in [-0.1, -0.05) is 18.2 Å². The number of hydrogen-bond donors (Lipinski definition) is 1. The molecule has 0 heterocycles. The minimum Gasteiger partial charge on any atom is -0.378 e. The van der Waals surface area contributed by atoms with Crippen molar-refractivity contribution in [3.63, 3.8) is 0 Å². The highest BCUT2D eigenvalue weighted by molar-refractivity contribution is 5.85. The molecule has 0 saturated carbocycles. The summed E-state index contributed by atoms with van der Waals surface area (Å²) >= 11 is 0. The Balaban J connectivity index is 0. The molecule has 0 fully saturated rings. The van der Waals surface area contributed by atoms with E-state index in [1.807, 2.05) is 32.3 Å². The van der Waals surface area contributed by atoms with E-state index in [0.29, 0.717) is 0 Å². The molecule has 0 radical (unpaired) electrons. The SMILES string of the molecule is CN(C)c1ccccc1.Cl.N. The van der Waals surface area contributed by atoms with E-state index in [4.69, 9.17) is 0 Å². The van der Waals surface area contributed by atoms with Crippen LogP contribution in [0.1, 0.15) is 0 Å². The largest absolute Gasteiger partial charge is 0.378 e. The van der Waals surface area contributed by atoms with Gasteiger partial charge in [-0.25, -0.2) is 0 Å². The van der Waals surface area contributed by atoms with E-state index in [-0.39, 0.29) is 18.6 Å². The Kier molecular flexibility index (Phi) is 7.05. The van der Waals surface area contributed by atoms with Crippen LogP contribution in [0.3, 0.4) is 0 Å². The summed E-state index contributed by atoms with van der Waals surface area (Å²) in [6.45, 7) is 0. The number of nitrogens with zero attached hydrogens (tertiary/aromatic N) is 1. The Hall–Kier alpha value is -0.730. The molecule has 0 aromatic heterocycles. The van der Waals surface area contributed by atoms with Crippen molar-refractivity contribution in [2.45, 2.75) is 0 Å². The molecule has 64 valence electrons. The zero-order valence-corrected chi connectivity index (χ0v) is 7.77. The third kappa shape index (κ3) is 3.86. The van der Waals surface area contributed by atoms with E-state index in [1.165, 1.54) is 5.69 Å². The third-order valence-electron chi connectivity index (χ3n) is 1.27. The van der Waals surface area contributed by atoms with Crippen LogP contribution in [0, 0.1) is 0 Å². The molecule has 0 aliphatic rings. The lowest BCUT2D eigenvalue weighted by molar-refractivity contribution is 1.13. The standard InChI is InChI=1S/C8H11N.ClH.H3N/c1-9(2)8-6-4-3-5-7-8;;/h3-7H,1-2H3;1H;1H3. The number of rotatable bonds is 1. The number of halogens is 1. The molecular weight excluding hydrogens is 160 g/mol. The molecule has 0 atom stereocenters. The van der Waals surface area contributed by atoms with Gasteiger partial charge < -0.3 is 11.1 Å². The molecular formula is C8H15ClN2. The molecule has 3 heteroatoms. The molecule has 0 amide bonds. The third-order valence-corrected chi connectivity index (χ3v) is 1.27. The van der Waals surface area contributed by atoms with Crippen molar-refractivity contribution in [1.29, 1.82) is 0 Å². The highest BCUT2D eigenvalue weighted by Crippen LogP contribution is 2.07. The van der Waals surface area contributed by atoms with Crippen LogP contribution in [0.25, 0.3) is 0 Å². The fourth-order valence-corrected chi connectivity index (χ4v) is 0.726. The number of para-hydroxylation sites is 1. The molecule has 1 rings (SSSR count). The molecule has 3 N–H and O–H groups in total. The van der Waals surface area contributed by atoms with Crippen molar-refractivity contribution in [3.05, 3.63) is 30.3 Å². The maximum atomic E-state index is 2.08. The molecule has 0 unspecified atom stereocenters. The summed E-state index contributed by atoms with van der Waals surface area (Å²) in [7, 11) is 4.07. The molecule has 2 nitrogen and oxygen atoms in total. The summed E-state index contributed by atoms with van der Waals surface area (Å²) in [6, 6.07) is 10.3. The molecule has 0 bridgehead atoms. The van der Waals surface area contributed by atoms with Crippen LogP contribution >= 0.6 is 12.4 Å². The average molecular weight is 175 g/mol. The Morgan fingerprint density at radius 2 is 1.45 bits per heavy atom. The number of benzene rings is 1. The summed E-state index contributed by atoms with van der Waals surface area (Å²) in [5.74, 6) is 0. The lowest BCUT2D eigenvalue weighted by Gasteiger charge is -2.10. The van der Waals surface area contributed by atoms with Gasteiger partial charge in [-0.05, 0) is 12.1 Å². The lowest BCUT2D eigenvalue weighted by atomic mass is 10.3. The zero-order valence-electron chi connectivity index (χ0n) is 6.95. The first-order chi connectivity index (χ1) is 4.30. The summed E-state index contributed by atoms with van der Waals surface area (Å²) in [5, 5.41) is 0. The van der Waals surface area contributed by atoms with E-state index in [1.54, 1.807) is 0 Å². The second kappa shape index (κ2) is 6.01. The van der Waals surface area contributed by atoms with Crippen molar-refractivity contribution in [2.24, 2.45) is 0 Å². The monoisotopic (exact) mass is 174 g/mol. The van der Waals surface area contributed by atoms with Crippen molar-refractivity contribution >= 4 is 18.1 Å². The van der Waals surface area contributed by atoms with Crippen molar-refractivity contribution < 1.29 is 0 Å². The van der Waals surface area contributed by atoms with Gasteiger partial charge in [0.2, 0.25) is 0 Å². The number of hydrogen-bond acceptors (Lipinski definition) is 2. The lowest BCUT2D eigenvalue weighted by Crippen LogP contribution is -2.07. The van der Waals surface area contributed by atoms with Crippen molar-refractivity contribution in [3.8, 4) is 0 Å². The first-order valence-corrected chi connectivity index (χ1v) is 3.03. The average Bonchev–Trinajstić information content (AvgIpc) is 1.90. The first kappa shape index (κ1) is 12.9. The fraction of sp³-hybridized carbons (Fsp3) is 0.250. The molecule has 1 aromatic carbocycles. The van der Waals surface area contributed by atoms with Crippen molar-refractivity contribution in [2.75, 3.05) is 19.0 Å². The summed E-state index contributed by atoms with van der Waals surface area (Å²) in [6.07, 6.45) is 0. The smallest absolute Gasteiger partial charge is 0.0360 e. The topological polar surface area (TPSA) is 38.2 Å². The van der Waals surface area contributed by atoms with E-state index in [9.17, 15) is 0 Å². The highest BCUT2D eigenvalue weighted by atomic mass is 35.5. The summed E-state index contributed by atoms with van der Waals surface area (Å²) in [4.78, 5) is 2.08. The van der Waals surface area contributed by atoms with E-state index < -0.39 is 0 Å². The fourth-order valence-electron chi connectivity index (χ4n) is 0.726. The van der Waals surface area contributed by atoms with Gasteiger partial charge in [0.15, 0.2) is 0 Å². The highest BCUT2D eigenvalue weighted by Gasteiger charge is 1.87. The molecule has 0 aliphatic carbocycles. The van der Waals surface area contributed by atoms with Gasteiger partial charge in [-0.15, -0.1) is 12.4 Å². The maximum absolute atomic E-state index is 2.08. The van der Waals surface area contributed by atoms with Crippen LogP contribution in [-0.4, -0.2) is 14.1 Å². The van der Waals surface area contributed by atoms with Crippen LogP contribution in [0.4, 0.5) is 5.69 Å². The second-order valence-electron chi connectivity index (χ2n) is 2.23. The minimum atomic E-state index is 0. The van der Waals surface area contributed by atoms with Gasteiger partial charge in [0.25, 0.3) is 0 Å². The van der Waals surface area contributed by atoms with Crippen LogP contribution < -0.4 is 11.1 Å². The van der Waals surface area contributed by atoms with E-state index >= 15 is 0 Å². The van der Waals surface area contributed by atoms with Gasteiger partial charge in [-0.2, -0.15) is 0 Å². The number of anilines is 1. The molecule has 0 aliphatic heterocycles. The first-order valence-electron chi connectivity index (χ1n) is 3.03.